The van der Waals surface area contributed by atoms with E-state index in [1.807, 2.05) is 0 Å². The number of hydrogen-bond acceptors (Lipinski definition) is 0. The van der Waals surface area contributed by atoms with Crippen molar-refractivity contribution in [3.63, 3.8) is 0 Å². The number of benzene rings is 2. The molecule has 2 aromatic rings. The lowest BCUT2D eigenvalue weighted by atomic mass is 9.96. The van der Waals surface area contributed by atoms with Crippen LogP contribution in [0.15, 0.2) is 71.8 Å². The van der Waals surface area contributed by atoms with Crippen LogP contribution in [0.4, 0.5) is 0 Å². The Kier molecular flexibility index (Phi) is 4.06. The van der Waals surface area contributed by atoms with E-state index in [9.17, 15) is 0 Å². The SMILES string of the molecule is CCC1=C(c2ccccc2)CC(c2ccccc2)=C1CC. The molecule has 0 saturated carbocycles. The topological polar surface area (TPSA) is 0 Å². The van der Waals surface area contributed by atoms with Gasteiger partial charge in [0.05, 0.1) is 0 Å². The van der Waals surface area contributed by atoms with Crippen molar-refractivity contribution in [1.82, 2.24) is 0 Å². The summed E-state index contributed by atoms with van der Waals surface area (Å²) in [7, 11) is 0. The molecular weight excluding hydrogens is 252 g/mol. The zero-order valence-corrected chi connectivity index (χ0v) is 12.9. The van der Waals surface area contributed by atoms with Gasteiger partial charge in [0, 0.05) is 0 Å². The number of allylic oxidation sites excluding steroid dienone is 4. The van der Waals surface area contributed by atoms with E-state index in [-0.39, 0.29) is 0 Å². The van der Waals surface area contributed by atoms with Crippen LogP contribution in [0.2, 0.25) is 0 Å². The molecule has 1 aliphatic carbocycles. The van der Waals surface area contributed by atoms with Crippen LogP contribution < -0.4 is 0 Å². The zero-order valence-electron chi connectivity index (χ0n) is 12.9. The fraction of sp³-hybridized carbons (Fsp3) is 0.238. The standard InChI is InChI=1S/C21H22/c1-3-18-19(4-2)21(17-13-9-6-10-14-17)15-20(18)16-11-7-5-8-12-16/h5-14H,3-4,15H2,1-2H3. The van der Waals surface area contributed by atoms with E-state index in [4.69, 9.17) is 0 Å². The molecule has 2 aromatic carbocycles. The molecule has 0 radical (unpaired) electrons. The van der Waals surface area contributed by atoms with E-state index in [1.165, 1.54) is 22.3 Å². The normalized spacial score (nSPS) is 15.0. The van der Waals surface area contributed by atoms with E-state index in [2.05, 4.69) is 74.5 Å². The second-order valence-corrected chi connectivity index (χ2v) is 5.53. The molecule has 0 nitrogen and oxygen atoms in total. The largest absolute Gasteiger partial charge is 0.0622 e. The predicted molar refractivity (Wildman–Crippen MR) is 91.9 cm³/mol. The van der Waals surface area contributed by atoms with Crippen molar-refractivity contribution in [2.75, 3.05) is 0 Å². The Bertz CT molecular complexity index is 611. The van der Waals surface area contributed by atoms with Gasteiger partial charge in [-0.2, -0.15) is 0 Å². The van der Waals surface area contributed by atoms with Gasteiger partial charge in [-0.15, -0.1) is 0 Å². The highest BCUT2D eigenvalue weighted by Crippen LogP contribution is 2.45. The summed E-state index contributed by atoms with van der Waals surface area (Å²) in [6.45, 7) is 4.56. The summed E-state index contributed by atoms with van der Waals surface area (Å²) >= 11 is 0. The second-order valence-electron chi connectivity index (χ2n) is 5.53. The highest BCUT2D eigenvalue weighted by atomic mass is 14.3. The van der Waals surface area contributed by atoms with E-state index in [0.29, 0.717) is 0 Å². The molecule has 0 bridgehead atoms. The second kappa shape index (κ2) is 6.13. The van der Waals surface area contributed by atoms with Crippen LogP contribution in [0.5, 0.6) is 0 Å². The molecule has 0 atom stereocenters. The van der Waals surface area contributed by atoms with Gasteiger partial charge in [-0.3, -0.25) is 0 Å². The van der Waals surface area contributed by atoms with Crippen molar-refractivity contribution < 1.29 is 0 Å². The Balaban J connectivity index is 2.07. The summed E-state index contributed by atoms with van der Waals surface area (Å²) < 4.78 is 0. The van der Waals surface area contributed by atoms with Crippen LogP contribution in [0.25, 0.3) is 11.1 Å². The Morgan fingerprint density at radius 1 is 0.619 bits per heavy atom. The van der Waals surface area contributed by atoms with Crippen molar-refractivity contribution in [1.29, 1.82) is 0 Å². The molecule has 3 rings (SSSR count). The lowest BCUT2D eigenvalue weighted by Gasteiger charge is -2.09. The van der Waals surface area contributed by atoms with Gasteiger partial charge in [-0.05, 0) is 52.7 Å². The van der Waals surface area contributed by atoms with Gasteiger partial charge in [-0.1, -0.05) is 74.5 Å². The van der Waals surface area contributed by atoms with Gasteiger partial charge in [0.1, 0.15) is 0 Å². The monoisotopic (exact) mass is 274 g/mol. The minimum absolute atomic E-state index is 1.07. The Hall–Kier alpha value is -2.08. The van der Waals surface area contributed by atoms with Crippen LogP contribution in [-0.4, -0.2) is 0 Å². The highest BCUT2D eigenvalue weighted by molar-refractivity contribution is 5.92. The molecular formula is C21H22. The molecule has 0 saturated heterocycles. The van der Waals surface area contributed by atoms with E-state index >= 15 is 0 Å². The molecule has 0 fully saturated rings. The molecule has 0 heteroatoms. The van der Waals surface area contributed by atoms with Crippen molar-refractivity contribution >= 4 is 11.1 Å². The summed E-state index contributed by atoms with van der Waals surface area (Å²) in [5.41, 5.74) is 8.92. The first-order valence-corrected chi connectivity index (χ1v) is 7.90. The molecule has 0 aliphatic heterocycles. The quantitative estimate of drug-likeness (QED) is 0.630. The van der Waals surface area contributed by atoms with Crippen LogP contribution in [0, 0.1) is 0 Å². The minimum Gasteiger partial charge on any atom is -0.0622 e. The maximum Gasteiger partial charge on any atom is -0.000822 e. The van der Waals surface area contributed by atoms with Gasteiger partial charge in [0.25, 0.3) is 0 Å². The molecule has 0 spiro atoms. The molecule has 1 aliphatic rings. The maximum absolute atomic E-state index is 2.28. The summed E-state index contributed by atoms with van der Waals surface area (Å²) in [5, 5.41) is 0. The smallest absolute Gasteiger partial charge is 0.000822 e. The van der Waals surface area contributed by atoms with Crippen molar-refractivity contribution in [2.24, 2.45) is 0 Å². The third kappa shape index (κ3) is 2.58. The third-order valence-corrected chi connectivity index (χ3v) is 4.40. The summed E-state index contributed by atoms with van der Waals surface area (Å²) in [6, 6.07) is 21.7. The fourth-order valence-electron chi connectivity index (χ4n) is 3.44. The zero-order chi connectivity index (χ0) is 14.7. The van der Waals surface area contributed by atoms with Gasteiger partial charge < -0.3 is 0 Å². The van der Waals surface area contributed by atoms with Gasteiger partial charge in [-0.25, -0.2) is 0 Å². The maximum atomic E-state index is 2.28. The van der Waals surface area contributed by atoms with Crippen LogP contribution in [0.1, 0.15) is 44.2 Å². The molecule has 0 aromatic heterocycles. The average Bonchev–Trinajstić information content (AvgIpc) is 2.95. The summed E-state index contributed by atoms with van der Waals surface area (Å²) in [4.78, 5) is 0. The Morgan fingerprint density at radius 2 is 1.00 bits per heavy atom. The summed E-state index contributed by atoms with van der Waals surface area (Å²) in [6.07, 6.45) is 3.30. The van der Waals surface area contributed by atoms with Crippen LogP contribution in [0.3, 0.4) is 0 Å². The highest BCUT2D eigenvalue weighted by Gasteiger charge is 2.23. The average molecular weight is 274 g/mol. The molecule has 0 N–H and O–H groups in total. The van der Waals surface area contributed by atoms with Gasteiger partial charge in [0.2, 0.25) is 0 Å². The number of hydrogen-bond donors (Lipinski definition) is 0. The van der Waals surface area contributed by atoms with E-state index in [1.54, 1.807) is 11.1 Å². The Labute approximate surface area is 127 Å². The lowest BCUT2D eigenvalue weighted by Crippen LogP contribution is -1.88. The first kappa shape index (κ1) is 13.9. The summed E-state index contributed by atoms with van der Waals surface area (Å²) in [5.74, 6) is 0. The van der Waals surface area contributed by atoms with Crippen molar-refractivity contribution in [2.45, 2.75) is 33.1 Å². The first-order valence-electron chi connectivity index (χ1n) is 7.90. The van der Waals surface area contributed by atoms with Gasteiger partial charge >= 0.3 is 0 Å². The third-order valence-electron chi connectivity index (χ3n) is 4.40. The first-order chi connectivity index (χ1) is 10.3. The minimum atomic E-state index is 1.07. The van der Waals surface area contributed by atoms with E-state index in [0.717, 1.165) is 19.3 Å². The predicted octanol–water partition coefficient (Wildman–Crippen LogP) is 6.12. The molecule has 0 heterocycles. The molecule has 0 unspecified atom stereocenters. The fourth-order valence-corrected chi connectivity index (χ4v) is 3.44. The number of rotatable bonds is 4. The van der Waals surface area contributed by atoms with E-state index < -0.39 is 0 Å². The lowest BCUT2D eigenvalue weighted by molar-refractivity contribution is 1.04. The van der Waals surface area contributed by atoms with Crippen molar-refractivity contribution in [3.8, 4) is 0 Å². The van der Waals surface area contributed by atoms with Crippen LogP contribution >= 0.6 is 0 Å². The molecule has 106 valence electrons. The molecule has 0 amide bonds. The van der Waals surface area contributed by atoms with Crippen LogP contribution in [-0.2, 0) is 0 Å². The Morgan fingerprint density at radius 3 is 1.33 bits per heavy atom. The van der Waals surface area contributed by atoms with Gasteiger partial charge in [0.15, 0.2) is 0 Å². The van der Waals surface area contributed by atoms with Crippen molar-refractivity contribution in [3.05, 3.63) is 82.9 Å². The molecule has 21 heavy (non-hydrogen) atoms.